The molecule has 0 amide bonds. The van der Waals surface area contributed by atoms with Crippen molar-refractivity contribution in [3.8, 4) is 11.8 Å². The van der Waals surface area contributed by atoms with Gasteiger partial charge < -0.3 is 10.1 Å². The summed E-state index contributed by atoms with van der Waals surface area (Å²) in [6, 6.07) is 13.7. The van der Waals surface area contributed by atoms with Gasteiger partial charge in [-0.15, -0.1) is 0 Å². The molecule has 2 aromatic carbocycles. The SMILES string of the molecule is COc1ccc(CNc2c(CN3CCCC(C)C3)cnc3ccc(C#N)cc23)cc1Cl. The molecule has 6 heteroatoms. The van der Waals surface area contributed by atoms with Crippen LogP contribution in [0.25, 0.3) is 10.9 Å². The van der Waals surface area contributed by atoms with Gasteiger partial charge in [0.1, 0.15) is 5.75 Å². The van der Waals surface area contributed by atoms with Crippen LogP contribution in [0.5, 0.6) is 5.75 Å². The Bertz CT molecular complexity index is 1120. The second-order valence-corrected chi connectivity index (χ2v) is 8.71. The highest BCUT2D eigenvalue weighted by molar-refractivity contribution is 6.32. The molecule has 4 rings (SSSR count). The molecule has 31 heavy (non-hydrogen) atoms. The van der Waals surface area contributed by atoms with Crippen molar-refractivity contribution >= 4 is 28.2 Å². The summed E-state index contributed by atoms with van der Waals surface area (Å²) in [5.74, 6) is 1.38. The minimum atomic E-state index is 0.593. The zero-order valence-electron chi connectivity index (χ0n) is 18.0. The van der Waals surface area contributed by atoms with E-state index in [0.29, 0.717) is 28.8 Å². The number of pyridine rings is 1. The summed E-state index contributed by atoms with van der Waals surface area (Å²) in [6.07, 6.45) is 4.49. The van der Waals surface area contributed by atoms with Crippen LogP contribution in [0.2, 0.25) is 5.02 Å². The first kappa shape index (κ1) is 21.4. The van der Waals surface area contributed by atoms with Crippen molar-refractivity contribution < 1.29 is 4.74 Å². The Labute approximate surface area is 188 Å². The van der Waals surface area contributed by atoms with Crippen LogP contribution >= 0.6 is 11.6 Å². The molecule has 0 spiro atoms. The lowest BCUT2D eigenvalue weighted by atomic mass is 9.99. The third kappa shape index (κ3) is 4.92. The summed E-state index contributed by atoms with van der Waals surface area (Å²) in [5.41, 5.74) is 4.76. The van der Waals surface area contributed by atoms with Crippen molar-refractivity contribution in [3.05, 3.63) is 64.3 Å². The second kappa shape index (κ2) is 9.55. The Morgan fingerprint density at radius 1 is 1.29 bits per heavy atom. The summed E-state index contributed by atoms with van der Waals surface area (Å²) < 4.78 is 5.26. The topological polar surface area (TPSA) is 61.2 Å². The van der Waals surface area contributed by atoms with Gasteiger partial charge in [-0.2, -0.15) is 5.26 Å². The molecular formula is C25H27ClN4O. The van der Waals surface area contributed by atoms with E-state index in [0.717, 1.165) is 47.4 Å². The highest BCUT2D eigenvalue weighted by Crippen LogP contribution is 2.31. The minimum absolute atomic E-state index is 0.593. The lowest BCUT2D eigenvalue weighted by Crippen LogP contribution is -2.34. The van der Waals surface area contributed by atoms with Gasteiger partial charge in [-0.3, -0.25) is 9.88 Å². The fraction of sp³-hybridized carbons (Fsp3) is 0.360. The zero-order chi connectivity index (χ0) is 21.8. The number of likely N-dealkylation sites (tertiary alicyclic amines) is 1. The van der Waals surface area contributed by atoms with E-state index in [2.05, 4.69) is 28.2 Å². The third-order valence-corrected chi connectivity index (χ3v) is 6.19. The summed E-state index contributed by atoms with van der Waals surface area (Å²) in [6.45, 7) is 5.98. The highest BCUT2D eigenvalue weighted by Gasteiger charge is 2.19. The number of ether oxygens (including phenoxy) is 1. The molecule has 3 aromatic rings. The van der Waals surface area contributed by atoms with Gasteiger partial charge in [-0.25, -0.2) is 0 Å². The number of anilines is 1. The fourth-order valence-electron chi connectivity index (χ4n) is 4.31. The van der Waals surface area contributed by atoms with Gasteiger partial charge in [-0.05, 0) is 61.2 Å². The molecule has 0 bridgehead atoms. The van der Waals surface area contributed by atoms with E-state index >= 15 is 0 Å². The molecule has 1 N–H and O–H groups in total. The van der Waals surface area contributed by atoms with Gasteiger partial charge in [0.25, 0.3) is 0 Å². The summed E-state index contributed by atoms with van der Waals surface area (Å²) in [5, 5.41) is 14.6. The first-order valence-electron chi connectivity index (χ1n) is 10.7. The predicted octanol–water partition coefficient (Wildman–Crippen LogP) is 5.61. The molecule has 1 atom stereocenters. The van der Waals surface area contributed by atoms with E-state index in [4.69, 9.17) is 16.3 Å². The molecule has 2 heterocycles. The van der Waals surface area contributed by atoms with Crippen LogP contribution in [0.3, 0.4) is 0 Å². The zero-order valence-corrected chi connectivity index (χ0v) is 18.7. The van der Waals surface area contributed by atoms with Crippen LogP contribution in [0.4, 0.5) is 5.69 Å². The summed E-state index contributed by atoms with van der Waals surface area (Å²) in [4.78, 5) is 7.18. The molecule has 5 nitrogen and oxygen atoms in total. The van der Waals surface area contributed by atoms with Gasteiger partial charge >= 0.3 is 0 Å². The van der Waals surface area contributed by atoms with Crippen LogP contribution in [0.1, 0.15) is 36.5 Å². The molecule has 0 radical (unpaired) electrons. The van der Waals surface area contributed by atoms with E-state index in [9.17, 15) is 5.26 Å². The number of piperidine rings is 1. The van der Waals surface area contributed by atoms with Crippen LogP contribution in [0.15, 0.2) is 42.6 Å². The van der Waals surface area contributed by atoms with Gasteiger partial charge in [0.2, 0.25) is 0 Å². The van der Waals surface area contributed by atoms with Crippen molar-refractivity contribution in [1.82, 2.24) is 9.88 Å². The third-order valence-electron chi connectivity index (χ3n) is 5.90. The van der Waals surface area contributed by atoms with Crippen LogP contribution in [-0.4, -0.2) is 30.1 Å². The number of hydrogen-bond donors (Lipinski definition) is 1. The van der Waals surface area contributed by atoms with Crippen molar-refractivity contribution in [2.45, 2.75) is 32.9 Å². The van der Waals surface area contributed by atoms with Crippen molar-refractivity contribution in [3.63, 3.8) is 0 Å². The summed E-state index contributed by atoms with van der Waals surface area (Å²) >= 11 is 6.31. The minimum Gasteiger partial charge on any atom is -0.495 e. The number of aromatic nitrogens is 1. The molecule has 1 saturated heterocycles. The first-order valence-corrected chi connectivity index (χ1v) is 11.1. The maximum absolute atomic E-state index is 9.41. The summed E-state index contributed by atoms with van der Waals surface area (Å²) in [7, 11) is 1.61. The van der Waals surface area contributed by atoms with Crippen molar-refractivity contribution in [2.24, 2.45) is 5.92 Å². The Morgan fingerprint density at radius 3 is 2.90 bits per heavy atom. The number of nitriles is 1. The average Bonchev–Trinajstić information content (AvgIpc) is 2.78. The van der Waals surface area contributed by atoms with E-state index in [1.165, 1.54) is 12.8 Å². The van der Waals surface area contributed by atoms with Crippen LogP contribution in [-0.2, 0) is 13.1 Å². The number of hydrogen-bond acceptors (Lipinski definition) is 5. The average molecular weight is 435 g/mol. The van der Waals surface area contributed by atoms with E-state index in [1.807, 2.05) is 42.6 Å². The van der Waals surface area contributed by atoms with E-state index < -0.39 is 0 Å². The molecule has 1 fully saturated rings. The lowest BCUT2D eigenvalue weighted by molar-refractivity contribution is 0.177. The molecule has 0 aliphatic carbocycles. The van der Waals surface area contributed by atoms with Gasteiger partial charge in [0.05, 0.1) is 29.3 Å². The molecule has 1 aromatic heterocycles. The highest BCUT2D eigenvalue weighted by atomic mass is 35.5. The van der Waals surface area contributed by atoms with Crippen LogP contribution < -0.4 is 10.1 Å². The lowest BCUT2D eigenvalue weighted by Gasteiger charge is -2.31. The first-order chi connectivity index (χ1) is 15.1. The molecule has 160 valence electrons. The Hall–Kier alpha value is -2.81. The fourth-order valence-corrected chi connectivity index (χ4v) is 4.59. The predicted molar refractivity (Wildman–Crippen MR) is 125 cm³/mol. The van der Waals surface area contributed by atoms with E-state index in [1.54, 1.807) is 7.11 Å². The Morgan fingerprint density at radius 2 is 2.16 bits per heavy atom. The maximum atomic E-state index is 9.41. The maximum Gasteiger partial charge on any atom is 0.137 e. The smallest absolute Gasteiger partial charge is 0.137 e. The number of halogens is 1. The monoisotopic (exact) mass is 434 g/mol. The number of fused-ring (bicyclic) bond motifs is 1. The Balaban J connectivity index is 1.67. The quantitative estimate of drug-likeness (QED) is 0.546. The number of nitrogens with zero attached hydrogens (tertiary/aromatic N) is 3. The van der Waals surface area contributed by atoms with Crippen LogP contribution in [0, 0.1) is 17.2 Å². The van der Waals surface area contributed by atoms with Gasteiger partial charge in [0, 0.05) is 42.5 Å². The van der Waals surface area contributed by atoms with Gasteiger partial charge in [0.15, 0.2) is 0 Å². The van der Waals surface area contributed by atoms with Gasteiger partial charge in [-0.1, -0.05) is 24.6 Å². The van der Waals surface area contributed by atoms with Crippen molar-refractivity contribution in [2.75, 3.05) is 25.5 Å². The molecule has 1 unspecified atom stereocenters. The largest absolute Gasteiger partial charge is 0.495 e. The standard InChI is InChI=1S/C25H27ClN4O/c1-17-4-3-9-30(15-17)16-20-14-28-23-7-5-18(12-27)10-21(23)25(20)29-13-19-6-8-24(31-2)22(26)11-19/h5-8,10-11,14,17H,3-4,9,13,15-16H2,1-2H3,(H,28,29). The molecule has 0 saturated carbocycles. The van der Waals surface area contributed by atoms with Crippen molar-refractivity contribution in [1.29, 1.82) is 5.26 Å². The normalized spacial score (nSPS) is 16.8. The Kier molecular flexibility index (Phi) is 6.60. The second-order valence-electron chi connectivity index (χ2n) is 8.31. The number of rotatable bonds is 6. The molecule has 1 aliphatic rings. The number of methoxy groups -OCH3 is 1. The molecule has 1 aliphatic heterocycles. The number of benzene rings is 2. The molecular weight excluding hydrogens is 408 g/mol. The van der Waals surface area contributed by atoms with E-state index in [-0.39, 0.29) is 0 Å². The number of nitrogens with one attached hydrogen (secondary N) is 1.